The summed E-state index contributed by atoms with van der Waals surface area (Å²) < 4.78 is 77.1. The number of aromatic nitrogens is 2. The topological polar surface area (TPSA) is 40.7 Å². The van der Waals surface area contributed by atoms with E-state index in [0.717, 1.165) is 11.3 Å². The number of nitrogens with zero attached hydrogens (tertiary/aromatic N) is 1. The molecule has 0 radical (unpaired) electrons. The summed E-state index contributed by atoms with van der Waals surface area (Å²) in [6, 6.07) is -0.818. The third kappa shape index (κ3) is 4.15. The van der Waals surface area contributed by atoms with E-state index in [1.54, 1.807) is 6.92 Å². The molecule has 2 rings (SSSR count). The lowest BCUT2D eigenvalue weighted by molar-refractivity contribution is -0.225. The van der Waals surface area contributed by atoms with Gasteiger partial charge in [-0.05, 0) is 26.2 Å². The molecule has 1 aliphatic rings. The van der Waals surface area contributed by atoms with Crippen LogP contribution in [0.2, 0.25) is 0 Å². The van der Waals surface area contributed by atoms with Gasteiger partial charge < -0.3 is 5.32 Å². The lowest BCUT2D eigenvalue weighted by Crippen LogP contribution is -2.45. The van der Waals surface area contributed by atoms with Gasteiger partial charge in [0.2, 0.25) is 0 Å². The summed E-state index contributed by atoms with van der Waals surface area (Å²) in [4.78, 5) is 0. The number of aromatic amines is 1. The predicted molar refractivity (Wildman–Crippen MR) is 66.9 cm³/mol. The quantitative estimate of drug-likeness (QED) is 0.830. The van der Waals surface area contributed by atoms with E-state index < -0.39 is 36.7 Å². The van der Waals surface area contributed by atoms with Crippen molar-refractivity contribution in [3.05, 3.63) is 17.5 Å². The molecule has 1 saturated carbocycles. The maximum atomic E-state index is 12.8. The van der Waals surface area contributed by atoms with E-state index in [0.29, 0.717) is 0 Å². The first-order valence-corrected chi connectivity index (χ1v) is 6.93. The van der Waals surface area contributed by atoms with Crippen LogP contribution in [0.4, 0.5) is 26.3 Å². The molecule has 0 aliphatic heterocycles. The first-order valence-electron chi connectivity index (χ1n) is 6.93. The number of hydrogen-bond donors (Lipinski definition) is 2. The fraction of sp³-hybridized carbons (Fsp3) is 0.769. The molecule has 1 aromatic rings. The van der Waals surface area contributed by atoms with Gasteiger partial charge in [-0.25, -0.2) is 0 Å². The van der Waals surface area contributed by atoms with Crippen LogP contribution in [0.3, 0.4) is 0 Å². The molecule has 1 fully saturated rings. The minimum atomic E-state index is -4.60. The molecule has 0 bridgehead atoms. The molecule has 1 aliphatic carbocycles. The van der Waals surface area contributed by atoms with Crippen molar-refractivity contribution in [3.63, 3.8) is 0 Å². The SMILES string of the molecule is Cc1[nH]ncc1CNC1CC(C(F)(F)F)CC(C(F)(F)F)C1. The molecule has 0 amide bonds. The second-order valence-electron chi connectivity index (χ2n) is 5.78. The van der Waals surface area contributed by atoms with Crippen molar-refractivity contribution >= 4 is 0 Å². The van der Waals surface area contributed by atoms with Crippen LogP contribution in [0.25, 0.3) is 0 Å². The van der Waals surface area contributed by atoms with Crippen LogP contribution in [0.1, 0.15) is 30.5 Å². The number of aryl methyl sites for hydroxylation is 1. The van der Waals surface area contributed by atoms with E-state index in [4.69, 9.17) is 0 Å². The van der Waals surface area contributed by atoms with Gasteiger partial charge in [-0.1, -0.05) is 0 Å². The molecule has 2 atom stereocenters. The first kappa shape index (κ1) is 17.1. The number of rotatable bonds is 3. The average Bonchev–Trinajstić information content (AvgIpc) is 2.79. The van der Waals surface area contributed by atoms with Gasteiger partial charge >= 0.3 is 12.4 Å². The van der Waals surface area contributed by atoms with Gasteiger partial charge in [0.05, 0.1) is 18.0 Å². The third-order valence-electron chi connectivity index (χ3n) is 4.15. The van der Waals surface area contributed by atoms with Crippen LogP contribution in [0.5, 0.6) is 0 Å². The van der Waals surface area contributed by atoms with E-state index in [9.17, 15) is 26.3 Å². The molecule has 0 aromatic carbocycles. The van der Waals surface area contributed by atoms with E-state index in [2.05, 4.69) is 15.5 Å². The number of nitrogens with one attached hydrogen (secondary N) is 2. The summed E-state index contributed by atoms with van der Waals surface area (Å²) in [5, 5.41) is 9.25. The van der Waals surface area contributed by atoms with Crippen molar-refractivity contribution in [1.29, 1.82) is 0 Å². The van der Waals surface area contributed by atoms with Gasteiger partial charge in [-0.2, -0.15) is 31.4 Å². The van der Waals surface area contributed by atoms with E-state index >= 15 is 0 Å². The van der Waals surface area contributed by atoms with Gasteiger partial charge in [0, 0.05) is 23.8 Å². The van der Waals surface area contributed by atoms with Crippen molar-refractivity contribution in [3.8, 4) is 0 Å². The zero-order chi connectivity index (χ0) is 16.5. The maximum Gasteiger partial charge on any atom is 0.391 e. The fourth-order valence-electron chi connectivity index (χ4n) is 2.83. The molecular weight excluding hydrogens is 312 g/mol. The Bertz CT molecular complexity index is 471. The van der Waals surface area contributed by atoms with Gasteiger partial charge in [0.15, 0.2) is 0 Å². The molecule has 2 N–H and O–H groups in total. The Hall–Kier alpha value is -1.25. The Morgan fingerprint density at radius 2 is 1.64 bits per heavy atom. The average molecular weight is 329 g/mol. The number of alkyl halides is 6. The predicted octanol–water partition coefficient (Wildman–Crippen LogP) is 3.72. The summed E-state index contributed by atoms with van der Waals surface area (Å²) >= 11 is 0. The molecule has 9 heteroatoms. The monoisotopic (exact) mass is 329 g/mol. The second-order valence-corrected chi connectivity index (χ2v) is 5.78. The van der Waals surface area contributed by atoms with Gasteiger partial charge in [0.25, 0.3) is 0 Å². The van der Waals surface area contributed by atoms with Crippen LogP contribution in [0.15, 0.2) is 6.20 Å². The van der Waals surface area contributed by atoms with E-state index in [1.807, 2.05) is 0 Å². The van der Waals surface area contributed by atoms with Gasteiger partial charge in [-0.15, -0.1) is 0 Å². The smallest absolute Gasteiger partial charge is 0.310 e. The Morgan fingerprint density at radius 3 is 2.05 bits per heavy atom. The Morgan fingerprint density at radius 1 is 1.09 bits per heavy atom. The van der Waals surface area contributed by atoms with Crippen LogP contribution in [-0.4, -0.2) is 28.6 Å². The van der Waals surface area contributed by atoms with Crippen molar-refractivity contribution in [1.82, 2.24) is 15.5 Å². The minimum absolute atomic E-state index is 0.197. The fourth-order valence-corrected chi connectivity index (χ4v) is 2.83. The molecule has 1 aromatic heterocycles. The van der Waals surface area contributed by atoms with Gasteiger partial charge in [0.1, 0.15) is 0 Å². The highest BCUT2D eigenvalue weighted by atomic mass is 19.4. The molecule has 2 unspecified atom stereocenters. The third-order valence-corrected chi connectivity index (χ3v) is 4.15. The Labute approximate surface area is 123 Å². The maximum absolute atomic E-state index is 12.8. The second kappa shape index (κ2) is 6.10. The first-order chi connectivity index (χ1) is 10.1. The lowest BCUT2D eigenvalue weighted by Gasteiger charge is -2.37. The van der Waals surface area contributed by atoms with Gasteiger partial charge in [-0.3, -0.25) is 5.10 Å². The normalized spacial score (nSPS) is 27.1. The molecule has 22 heavy (non-hydrogen) atoms. The van der Waals surface area contributed by atoms with Crippen molar-refractivity contribution < 1.29 is 26.3 Å². The zero-order valence-electron chi connectivity index (χ0n) is 11.9. The van der Waals surface area contributed by atoms with Crippen molar-refractivity contribution in [2.75, 3.05) is 0 Å². The zero-order valence-corrected chi connectivity index (χ0v) is 11.9. The highest BCUT2D eigenvalue weighted by Gasteiger charge is 2.51. The summed E-state index contributed by atoms with van der Waals surface area (Å²) in [6.45, 7) is 1.93. The molecule has 0 saturated heterocycles. The molecule has 1 heterocycles. The van der Waals surface area contributed by atoms with Crippen LogP contribution < -0.4 is 5.32 Å². The Kier molecular flexibility index (Phi) is 4.74. The van der Waals surface area contributed by atoms with Crippen LogP contribution in [-0.2, 0) is 6.54 Å². The minimum Gasteiger partial charge on any atom is -0.310 e. The van der Waals surface area contributed by atoms with Crippen molar-refractivity contribution in [2.45, 2.75) is 51.1 Å². The number of halogens is 6. The summed E-state index contributed by atoms with van der Waals surface area (Å²) in [6.07, 6.45) is -9.23. The van der Waals surface area contributed by atoms with E-state index in [1.165, 1.54) is 6.20 Å². The van der Waals surface area contributed by atoms with Crippen LogP contribution >= 0.6 is 0 Å². The van der Waals surface area contributed by atoms with E-state index in [-0.39, 0.29) is 19.4 Å². The largest absolute Gasteiger partial charge is 0.391 e. The number of H-pyrrole nitrogens is 1. The van der Waals surface area contributed by atoms with Crippen molar-refractivity contribution in [2.24, 2.45) is 11.8 Å². The highest BCUT2D eigenvalue weighted by molar-refractivity contribution is 5.14. The van der Waals surface area contributed by atoms with Crippen LogP contribution in [0, 0.1) is 18.8 Å². The molecule has 126 valence electrons. The lowest BCUT2D eigenvalue weighted by atomic mass is 9.77. The summed E-state index contributed by atoms with van der Waals surface area (Å²) in [7, 11) is 0. The Balaban J connectivity index is 2.04. The summed E-state index contributed by atoms with van der Waals surface area (Å²) in [5.41, 5.74) is 1.47. The standard InChI is InChI=1S/C13H17F6N3/c1-7-8(6-21-22-7)5-20-11-3-9(12(14,15)16)2-10(4-11)13(17,18)19/h6,9-11,20H,2-5H2,1H3,(H,21,22). The highest BCUT2D eigenvalue weighted by Crippen LogP contribution is 2.45. The molecular formula is C13H17F6N3. The summed E-state index contributed by atoms with van der Waals surface area (Å²) in [5.74, 6) is -3.84. The molecule has 0 spiro atoms. The number of hydrogen-bond acceptors (Lipinski definition) is 2. The molecule has 3 nitrogen and oxygen atoms in total.